The van der Waals surface area contributed by atoms with Crippen LogP contribution in [0.1, 0.15) is 5.48 Å². The molecule has 0 saturated carbocycles. The molecule has 2 heteroatoms. The van der Waals surface area contributed by atoms with E-state index in [9.17, 15) is 5.48 Å². The summed E-state index contributed by atoms with van der Waals surface area (Å²) in [4.78, 5) is 1.88. The first-order valence-electron chi connectivity index (χ1n) is 18.0. The number of hydrogen-bond donors (Lipinski definition) is 0. The monoisotopic (exact) mass is 617 g/mol. The van der Waals surface area contributed by atoms with Gasteiger partial charge in [-0.05, 0) is 75.6 Å². The second kappa shape index (κ2) is 11.8. The van der Waals surface area contributed by atoms with E-state index in [-0.39, 0.29) is 35.4 Å². The molecule has 48 heavy (non-hydrogen) atoms. The number of hydrogen-bond acceptors (Lipinski definition) is 2. The lowest BCUT2D eigenvalue weighted by molar-refractivity contribution is 0.673. The lowest BCUT2D eigenvalue weighted by Gasteiger charge is -2.28. The van der Waals surface area contributed by atoms with Crippen LogP contribution in [-0.4, -0.2) is 0 Å². The van der Waals surface area contributed by atoms with Gasteiger partial charge in [0.2, 0.25) is 0 Å². The zero-order chi connectivity index (χ0) is 35.3. The Hall–Kier alpha value is -6.38. The molecule has 0 spiro atoms. The minimum absolute atomic E-state index is 0.0977. The van der Waals surface area contributed by atoms with Crippen LogP contribution >= 0.6 is 0 Å². The Labute approximate surface area is 285 Å². The lowest BCUT2D eigenvalue weighted by atomic mass is 9.93. The third-order valence-electron chi connectivity index (χ3n) is 8.94. The average Bonchev–Trinajstić information content (AvgIpc) is 3.60. The Morgan fingerprint density at radius 3 is 1.77 bits per heavy atom. The van der Waals surface area contributed by atoms with Crippen molar-refractivity contribution in [3.8, 4) is 33.4 Å². The fourth-order valence-corrected chi connectivity index (χ4v) is 6.66. The van der Waals surface area contributed by atoms with E-state index in [4.69, 9.17) is 4.42 Å². The minimum Gasteiger partial charge on any atom is -0.455 e. The molecule has 0 amide bonds. The van der Waals surface area contributed by atoms with Gasteiger partial charge in [-0.3, -0.25) is 0 Å². The summed E-state index contributed by atoms with van der Waals surface area (Å²) in [6, 6.07) is 53.3. The van der Waals surface area contributed by atoms with Gasteiger partial charge in [-0.25, -0.2) is 0 Å². The fourth-order valence-electron chi connectivity index (χ4n) is 6.66. The normalized spacial score (nSPS) is 12.5. The van der Waals surface area contributed by atoms with Gasteiger partial charge in [-0.1, -0.05) is 146 Å². The molecule has 0 aliphatic rings. The fraction of sp³-hybridized carbons (Fsp3) is 0. The van der Waals surface area contributed by atoms with Gasteiger partial charge in [0.25, 0.3) is 0 Å². The molecular weight excluding hydrogens is 583 g/mol. The SMILES string of the molecule is [2H]c1c([2H])c(N(c2ccc(-c3ccccc3)cc2)c2ccccc2-c2cc3ccccc3c3oc4ccccc4c23)c([2H])c([2H])c1-c1ccccc1. The first-order valence-corrected chi connectivity index (χ1v) is 16.0. The third kappa shape index (κ3) is 4.83. The third-order valence-corrected chi connectivity index (χ3v) is 8.94. The topological polar surface area (TPSA) is 16.4 Å². The predicted octanol–water partition coefficient (Wildman–Crippen LogP) is 13.2. The molecule has 9 aromatic rings. The van der Waals surface area contributed by atoms with Crippen molar-refractivity contribution in [1.29, 1.82) is 0 Å². The summed E-state index contributed by atoms with van der Waals surface area (Å²) in [5.41, 5.74) is 7.97. The summed E-state index contributed by atoms with van der Waals surface area (Å²) in [6.07, 6.45) is 0. The Bertz CT molecular complexity index is 2750. The summed E-state index contributed by atoms with van der Waals surface area (Å²) < 4.78 is 44.0. The van der Waals surface area contributed by atoms with E-state index in [0.29, 0.717) is 16.9 Å². The van der Waals surface area contributed by atoms with Gasteiger partial charge in [0.1, 0.15) is 11.2 Å². The van der Waals surface area contributed by atoms with Crippen molar-refractivity contribution in [2.45, 2.75) is 0 Å². The highest BCUT2D eigenvalue weighted by Gasteiger charge is 2.22. The number of rotatable bonds is 6. The van der Waals surface area contributed by atoms with E-state index in [1.807, 2.05) is 126 Å². The Kier molecular flexibility index (Phi) is 5.85. The maximum absolute atomic E-state index is 9.48. The predicted molar refractivity (Wildman–Crippen MR) is 202 cm³/mol. The van der Waals surface area contributed by atoms with Gasteiger partial charge in [-0.2, -0.15) is 0 Å². The first-order chi connectivity index (χ1) is 25.5. The summed E-state index contributed by atoms with van der Waals surface area (Å²) in [5.74, 6) is 0. The van der Waals surface area contributed by atoms with Crippen LogP contribution in [0.5, 0.6) is 0 Å². The van der Waals surface area contributed by atoms with Crippen molar-refractivity contribution in [1.82, 2.24) is 0 Å². The molecule has 8 aromatic carbocycles. The van der Waals surface area contributed by atoms with Crippen LogP contribution < -0.4 is 4.90 Å². The number of anilines is 3. The summed E-state index contributed by atoms with van der Waals surface area (Å²) in [5, 5.41) is 4.00. The Balaban J connectivity index is 1.34. The van der Waals surface area contributed by atoms with E-state index in [2.05, 4.69) is 42.5 Å². The second-order valence-electron chi connectivity index (χ2n) is 11.8. The molecule has 0 aliphatic carbocycles. The van der Waals surface area contributed by atoms with Crippen molar-refractivity contribution in [3.63, 3.8) is 0 Å². The van der Waals surface area contributed by atoms with Gasteiger partial charge < -0.3 is 9.32 Å². The van der Waals surface area contributed by atoms with E-state index in [0.717, 1.165) is 55.0 Å². The van der Waals surface area contributed by atoms with Crippen LogP contribution in [0.15, 0.2) is 192 Å². The molecule has 0 saturated heterocycles. The van der Waals surface area contributed by atoms with E-state index < -0.39 is 0 Å². The molecule has 0 N–H and O–H groups in total. The molecule has 2 nitrogen and oxygen atoms in total. The van der Waals surface area contributed by atoms with E-state index in [1.165, 1.54) is 0 Å². The van der Waals surface area contributed by atoms with Gasteiger partial charge in [0, 0.05) is 33.1 Å². The molecule has 0 aliphatic heterocycles. The lowest BCUT2D eigenvalue weighted by Crippen LogP contribution is -2.11. The molecule has 0 radical (unpaired) electrons. The maximum Gasteiger partial charge on any atom is 0.143 e. The van der Waals surface area contributed by atoms with Crippen LogP contribution in [0.4, 0.5) is 17.1 Å². The van der Waals surface area contributed by atoms with E-state index in [1.54, 1.807) is 0 Å². The van der Waals surface area contributed by atoms with Crippen LogP contribution in [0, 0.1) is 0 Å². The van der Waals surface area contributed by atoms with Crippen LogP contribution in [0.3, 0.4) is 0 Å². The van der Waals surface area contributed by atoms with E-state index >= 15 is 0 Å². The van der Waals surface area contributed by atoms with Crippen molar-refractivity contribution < 1.29 is 9.90 Å². The summed E-state index contributed by atoms with van der Waals surface area (Å²) >= 11 is 0. The van der Waals surface area contributed by atoms with Crippen molar-refractivity contribution in [2.24, 2.45) is 0 Å². The molecule has 1 heterocycles. The number of para-hydroxylation sites is 2. The highest BCUT2D eigenvalue weighted by Crippen LogP contribution is 2.47. The number of nitrogens with zero attached hydrogens (tertiary/aromatic N) is 1. The molecule has 9 rings (SSSR count). The first kappa shape index (κ1) is 23.9. The molecule has 0 bridgehead atoms. The van der Waals surface area contributed by atoms with Crippen LogP contribution in [-0.2, 0) is 0 Å². The van der Waals surface area contributed by atoms with Gasteiger partial charge in [0.15, 0.2) is 0 Å². The maximum atomic E-state index is 9.48. The quantitative estimate of drug-likeness (QED) is 0.185. The smallest absolute Gasteiger partial charge is 0.143 e. The number of furan rings is 1. The van der Waals surface area contributed by atoms with Gasteiger partial charge >= 0.3 is 0 Å². The standard InChI is InChI=1S/C46H31NO/c1-3-13-32(14-4-1)34-23-27-37(28-24-34)47(38-29-25-35(26-30-38)33-15-5-2-6-16-33)43-21-11-9-19-40(43)42-31-36-17-7-8-18-39(36)46-45(42)41-20-10-12-22-44(41)48-46/h1-31H/i23D,24D,27D,28D. The second-order valence-corrected chi connectivity index (χ2v) is 11.8. The van der Waals surface area contributed by atoms with Crippen LogP contribution in [0.2, 0.25) is 0 Å². The minimum atomic E-state index is -0.126. The zero-order valence-electron chi connectivity index (χ0n) is 29.9. The summed E-state index contributed by atoms with van der Waals surface area (Å²) in [7, 11) is 0. The molecule has 0 unspecified atom stereocenters. The number of benzene rings is 8. The summed E-state index contributed by atoms with van der Waals surface area (Å²) in [6.45, 7) is 0. The Morgan fingerprint density at radius 1 is 0.438 bits per heavy atom. The molecular formula is C46H31NO. The molecule has 0 atom stereocenters. The largest absolute Gasteiger partial charge is 0.455 e. The van der Waals surface area contributed by atoms with Crippen molar-refractivity contribution in [3.05, 3.63) is 188 Å². The zero-order valence-corrected chi connectivity index (χ0v) is 25.9. The molecule has 0 fully saturated rings. The average molecular weight is 618 g/mol. The molecule has 226 valence electrons. The van der Waals surface area contributed by atoms with Gasteiger partial charge in [0.05, 0.1) is 11.2 Å². The highest BCUT2D eigenvalue weighted by atomic mass is 16.3. The molecule has 1 aromatic heterocycles. The van der Waals surface area contributed by atoms with Crippen LogP contribution in [0.25, 0.3) is 66.1 Å². The van der Waals surface area contributed by atoms with Crippen molar-refractivity contribution >= 4 is 49.8 Å². The Morgan fingerprint density at radius 2 is 1.02 bits per heavy atom. The van der Waals surface area contributed by atoms with Crippen molar-refractivity contribution in [2.75, 3.05) is 4.90 Å². The highest BCUT2D eigenvalue weighted by molar-refractivity contribution is 6.22. The number of fused-ring (bicyclic) bond motifs is 5. The van der Waals surface area contributed by atoms with Gasteiger partial charge in [-0.15, -0.1) is 0 Å².